The zero-order chi connectivity index (χ0) is 10.4. The number of β-amino-alcohol motifs (C(OH)–C–C–N with tert-alkyl or cyclic N) is 1. The maximum absolute atomic E-state index is 10.6. The van der Waals surface area contributed by atoms with Gasteiger partial charge in [-0.05, 0) is 31.1 Å². The highest BCUT2D eigenvalue weighted by Crippen LogP contribution is 2.52. The lowest BCUT2D eigenvalue weighted by Gasteiger charge is -2.36. The molecule has 1 heterocycles. The lowest BCUT2D eigenvalue weighted by molar-refractivity contribution is -0.00575. The van der Waals surface area contributed by atoms with Gasteiger partial charge in [0.1, 0.15) is 0 Å². The first-order valence-electron chi connectivity index (χ1n) is 6.39. The van der Waals surface area contributed by atoms with Gasteiger partial charge in [0.25, 0.3) is 0 Å². The molecule has 0 aromatic carbocycles. The molecule has 1 spiro atoms. The van der Waals surface area contributed by atoms with Gasteiger partial charge in [0, 0.05) is 19.3 Å². The molecule has 1 saturated heterocycles. The summed E-state index contributed by atoms with van der Waals surface area (Å²) in [5.41, 5.74) is 0.00623. The Morgan fingerprint density at radius 3 is 2.67 bits per heavy atom. The Bertz CT molecular complexity index is 250. The van der Waals surface area contributed by atoms with Crippen LogP contribution in [0.3, 0.4) is 0 Å². The highest BCUT2D eigenvalue weighted by atomic mass is 16.3. The summed E-state index contributed by atoms with van der Waals surface area (Å²) in [4.78, 5) is 0. The van der Waals surface area contributed by atoms with Crippen molar-refractivity contribution < 1.29 is 5.11 Å². The SMILES string of the molecule is OC12CNCNC1CC1(CCCCC1)C2. The molecule has 0 amide bonds. The summed E-state index contributed by atoms with van der Waals surface area (Å²) in [7, 11) is 0. The third-order valence-electron chi connectivity index (χ3n) is 4.79. The van der Waals surface area contributed by atoms with Gasteiger partial charge < -0.3 is 10.4 Å². The zero-order valence-electron chi connectivity index (χ0n) is 9.39. The monoisotopic (exact) mass is 210 g/mol. The van der Waals surface area contributed by atoms with E-state index >= 15 is 0 Å². The highest BCUT2D eigenvalue weighted by Gasteiger charge is 2.54. The van der Waals surface area contributed by atoms with E-state index in [9.17, 15) is 5.11 Å². The molecule has 3 fully saturated rings. The number of aliphatic hydroxyl groups is 1. The van der Waals surface area contributed by atoms with Crippen molar-refractivity contribution in [2.75, 3.05) is 13.2 Å². The first kappa shape index (κ1) is 10.1. The molecule has 0 aromatic heterocycles. The van der Waals surface area contributed by atoms with Crippen LogP contribution in [-0.4, -0.2) is 30.0 Å². The van der Waals surface area contributed by atoms with Crippen molar-refractivity contribution in [3.63, 3.8) is 0 Å². The van der Waals surface area contributed by atoms with E-state index in [4.69, 9.17) is 0 Å². The van der Waals surface area contributed by atoms with Gasteiger partial charge in [0.05, 0.1) is 5.60 Å². The van der Waals surface area contributed by atoms with Crippen LogP contribution in [0.15, 0.2) is 0 Å². The average Bonchev–Trinajstić information content (AvgIpc) is 2.50. The standard InChI is InChI=1S/C12H22N2O/c15-12-7-11(4-2-1-3-5-11)6-10(12)14-9-13-8-12/h10,13-15H,1-9H2. The number of hydrogen-bond acceptors (Lipinski definition) is 3. The fourth-order valence-corrected chi connectivity index (χ4v) is 4.07. The normalized spacial score (nSPS) is 44.2. The smallest absolute Gasteiger partial charge is 0.0929 e. The van der Waals surface area contributed by atoms with Crippen LogP contribution in [0.5, 0.6) is 0 Å². The van der Waals surface area contributed by atoms with Gasteiger partial charge in [-0.2, -0.15) is 0 Å². The molecule has 2 saturated carbocycles. The van der Waals surface area contributed by atoms with E-state index < -0.39 is 5.60 Å². The fourth-order valence-electron chi connectivity index (χ4n) is 4.07. The molecule has 0 radical (unpaired) electrons. The minimum Gasteiger partial charge on any atom is -0.387 e. The van der Waals surface area contributed by atoms with Crippen LogP contribution in [0, 0.1) is 5.41 Å². The fraction of sp³-hybridized carbons (Fsp3) is 1.00. The van der Waals surface area contributed by atoms with E-state index in [1.54, 1.807) is 0 Å². The molecule has 0 aromatic rings. The topological polar surface area (TPSA) is 44.3 Å². The second kappa shape index (κ2) is 3.44. The average molecular weight is 210 g/mol. The van der Waals surface area contributed by atoms with E-state index in [0.29, 0.717) is 11.5 Å². The van der Waals surface area contributed by atoms with Gasteiger partial charge >= 0.3 is 0 Å². The summed E-state index contributed by atoms with van der Waals surface area (Å²) in [6, 6.07) is 0.344. The number of nitrogens with one attached hydrogen (secondary N) is 2. The van der Waals surface area contributed by atoms with E-state index in [1.165, 1.54) is 38.5 Å². The number of rotatable bonds is 0. The van der Waals surface area contributed by atoms with Gasteiger partial charge in [-0.25, -0.2) is 0 Å². The molecule has 2 unspecified atom stereocenters. The van der Waals surface area contributed by atoms with Crippen LogP contribution in [-0.2, 0) is 0 Å². The summed E-state index contributed by atoms with van der Waals surface area (Å²) in [5.74, 6) is 0. The Labute approximate surface area is 91.6 Å². The molecule has 3 nitrogen and oxygen atoms in total. The van der Waals surface area contributed by atoms with E-state index in [-0.39, 0.29) is 0 Å². The van der Waals surface area contributed by atoms with Gasteiger partial charge in [-0.15, -0.1) is 0 Å². The summed E-state index contributed by atoms with van der Waals surface area (Å²) < 4.78 is 0. The summed E-state index contributed by atoms with van der Waals surface area (Å²) in [6.45, 7) is 1.65. The lowest BCUT2D eigenvalue weighted by atomic mass is 9.72. The summed E-state index contributed by atoms with van der Waals surface area (Å²) >= 11 is 0. The molecule has 2 aliphatic carbocycles. The molecule has 3 heteroatoms. The van der Waals surface area contributed by atoms with E-state index in [2.05, 4.69) is 10.6 Å². The third-order valence-corrected chi connectivity index (χ3v) is 4.79. The lowest BCUT2D eigenvalue weighted by Crippen LogP contribution is -2.60. The van der Waals surface area contributed by atoms with E-state index in [1.807, 2.05) is 0 Å². The van der Waals surface area contributed by atoms with Crippen molar-refractivity contribution in [3.8, 4) is 0 Å². The zero-order valence-corrected chi connectivity index (χ0v) is 9.39. The van der Waals surface area contributed by atoms with Gasteiger partial charge in [-0.3, -0.25) is 5.32 Å². The molecule has 1 aliphatic heterocycles. The Balaban J connectivity index is 1.79. The number of hydrogen-bond donors (Lipinski definition) is 3. The molecule has 2 atom stereocenters. The summed E-state index contributed by atoms with van der Waals surface area (Å²) in [6.07, 6.45) is 9.04. The van der Waals surface area contributed by atoms with Crippen molar-refractivity contribution in [2.24, 2.45) is 5.41 Å². The molecule has 15 heavy (non-hydrogen) atoms. The van der Waals surface area contributed by atoms with Gasteiger partial charge in [-0.1, -0.05) is 19.3 Å². The Hall–Kier alpha value is -0.120. The summed E-state index contributed by atoms with van der Waals surface area (Å²) in [5, 5.41) is 17.3. The predicted molar refractivity (Wildman–Crippen MR) is 59.5 cm³/mol. The van der Waals surface area contributed by atoms with Gasteiger partial charge in [0.15, 0.2) is 0 Å². The van der Waals surface area contributed by atoms with Crippen molar-refractivity contribution >= 4 is 0 Å². The van der Waals surface area contributed by atoms with Crippen molar-refractivity contribution in [3.05, 3.63) is 0 Å². The predicted octanol–water partition coefficient (Wildman–Crippen LogP) is 0.981. The second-order valence-corrected chi connectivity index (χ2v) is 5.91. The molecular weight excluding hydrogens is 188 g/mol. The number of fused-ring (bicyclic) bond motifs is 1. The van der Waals surface area contributed by atoms with Crippen LogP contribution in [0.4, 0.5) is 0 Å². The van der Waals surface area contributed by atoms with Crippen LogP contribution in [0.25, 0.3) is 0 Å². The minimum absolute atomic E-state index is 0.344. The largest absolute Gasteiger partial charge is 0.387 e. The van der Waals surface area contributed by atoms with Crippen LogP contribution in [0.2, 0.25) is 0 Å². The quantitative estimate of drug-likeness (QED) is 0.558. The second-order valence-electron chi connectivity index (χ2n) is 5.91. The minimum atomic E-state index is -0.463. The Kier molecular flexibility index (Phi) is 2.31. The molecule has 3 N–H and O–H groups in total. The van der Waals surface area contributed by atoms with Crippen molar-refractivity contribution in [1.82, 2.24) is 10.6 Å². The maximum Gasteiger partial charge on any atom is 0.0929 e. The van der Waals surface area contributed by atoms with Crippen LogP contribution < -0.4 is 10.6 Å². The molecular formula is C12H22N2O. The van der Waals surface area contributed by atoms with Gasteiger partial charge in [0.2, 0.25) is 0 Å². The van der Waals surface area contributed by atoms with Crippen LogP contribution in [0.1, 0.15) is 44.9 Å². The Morgan fingerprint density at radius 1 is 1.13 bits per heavy atom. The van der Waals surface area contributed by atoms with Crippen molar-refractivity contribution in [2.45, 2.75) is 56.6 Å². The maximum atomic E-state index is 10.6. The first-order valence-corrected chi connectivity index (χ1v) is 6.39. The molecule has 3 aliphatic rings. The molecule has 86 valence electrons. The molecule has 0 bridgehead atoms. The molecule has 3 rings (SSSR count). The Morgan fingerprint density at radius 2 is 1.93 bits per heavy atom. The third kappa shape index (κ3) is 1.61. The first-order chi connectivity index (χ1) is 7.23. The highest BCUT2D eigenvalue weighted by molar-refractivity contribution is 5.10. The van der Waals surface area contributed by atoms with E-state index in [0.717, 1.165) is 19.6 Å². The van der Waals surface area contributed by atoms with Crippen LogP contribution >= 0.6 is 0 Å². The van der Waals surface area contributed by atoms with Crippen molar-refractivity contribution in [1.29, 1.82) is 0 Å².